The molecular weight excluding hydrogens is 461 g/mol. The van der Waals surface area contributed by atoms with Crippen molar-refractivity contribution in [1.29, 1.82) is 0 Å². The van der Waals surface area contributed by atoms with Crippen molar-refractivity contribution in [2.45, 2.75) is 69.4 Å². The van der Waals surface area contributed by atoms with Crippen molar-refractivity contribution < 1.29 is 22.7 Å². The maximum atomic E-state index is 13.4. The molecule has 0 bridgehead atoms. The standard InChI is InChI=1S/C24H43F3N6O2/c1-32(8-7-28)14-16-3-2-4-17(11-16)21-12-19(23(34)30-18-5-9-35-10-6-18)20-13-29-33(22(20)31-21)15-24(25,26)27/h16-22,29,31H,2-15,28H2,1H3,(H,30,34). The average molecular weight is 505 g/mol. The molecule has 1 saturated carbocycles. The number of ether oxygens (including phenoxy) is 1. The molecule has 0 aromatic carbocycles. The number of nitrogens with two attached hydrogens (primary N) is 1. The van der Waals surface area contributed by atoms with Crippen LogP contribution >= 0.6 is 0 Å². The van der Waals surface area contributed by atoms with E-state index in [0.29, 0.717) is 44.6 Å². The van der Waals surface area contributed by atoms with Crippen LogP contribution in [0.15, 0.2) is 0 Å². The molecule has 4 aliphatic rings. The van der Waals surface area contributed by atoms with Gasteiger partial charge in [0.2, 0.25) is 5.91 Å². The molecule has 0 aromatic heterocycles. The summed E-state index contributed by atoms with van der Waals surface area (Å²) in [6, 6.07) is 0.112. The Hall–Kier alpha value is -0.980. The Morgan fingerprint density at radius 2 is 1.97 bits per heavy atom. The van der Waals surface area contributed by atoms with Crippen molar-refractivity contribution >= 4 is 5.91 Å². The molecule has 6 atom stereocenters. The summed E-state index contributed by atoms with van der Waals surface area (Å²) in [7, 11) is 2.09. The summed E-state index contributed by atoms with van der Waals surface area (Å²) >= 11 is 0. The van der Waals surface area contributed by atoms with Crippen molar-refractivity contribution in [3.8, 4) is 0 Å². The van der Waals surface area contributed by atoms with Gasteiger partial charge in [-0.1, -0.05) is 6.42 Å². The molecule has 3 saturated heterocycles. The number of alkyl halides is 3. The molecule has 1 aliphatic carbocycles. The summed E-state index contributed by atoms with van der Waals surface area (Å²) in [6.07, 6.45) is 1.80. The minimum atomic E-state index is -4.31. The fraction of sp³-hybridized carbons (Fsp3) is 0.958. The van der Waals surface area contributed by atoms with Gasteiger partial charge in [-0.2, -0.15) is 13.2 Å². The molecule has 0 aromatic rings. The smallest absolute Gasteiger partial charge is 0.381 e. The molecule has 1 amide bonds. The number of nitrogens with one attached hydrogen (secondary N) is 3. The van der Waals surface area contributed by atoms with E-state index in [-0.39, 0.29) is 29.8 Å². The van der Waals surface area contributed by atoms with Crippen LogP contribution in [0.25, 0.3) is 0 Å². The second-order valence-electron chi connectivity index (χ2n) is 11.1. The quantitative estimate of drug-likeness (QED) is 0.396. The minimum absolute atomic E-state index is 0.0101. The van der Waals surface area contributed by atoms with E-state index in [1.165, 1.54) is 11.4 Å². The molecule has 3 heterocycles. The second-order valence-corrected chi connectivity index (χ2v) is 11.1. The number of hydrazine groups is 1. The Labute approximate surface area is 206 Å². The highest BCUT2D eigenvalue weighted by molar-refractivity contribution is 5.79. The van der Waals surface area contributed by atoms with Crippen LogP contribution in [0.4, 0.5) is 13.2 Å². The van der Waals surface area contributed by atoms with Crippen molar-refractivity contribution in [3.63, 3.8) is 0 Å². The summed E-state index contributed by atoms with van der Waals surface area (Å²) in [5.41, 5.74) is 8.66. The zero-order chi connectivity index (χ0) is 25.0. The zero-order valence-electron chi connectivity index (χ0n) is 20.9. The highest BCUT2D eigenvalue weighted by Crippen LogP contribution is 2.40. The summed E-state index contributed by atoms with van der Waals surface area (Å²) in [5, 5.41) is 8.06. The lowest BCUT2D eigenvalue weighted by molar-refractivity contribution is -0.159. The highest BCUT2D eigenvalue weighted by Gasteiger charge is 2.51. The fourth-order valence-electron chi connectivity index (χ4n) is 6.72. The number of fused-ring (bicyclic) bond motifs is 1. The molecular formula is C24H43F3N6O2. The number of hydrogen-bond donors (Lipinski definition) is 4. The van der Waals surface area contributed by atoms with Gasteiger partial charge in [0.1, 0.15) is 6.54 Å². The number of carbonyl (C=O) groups excluding carboxylic acids is 1. The first-order valence-electron chi connectivity index (χ1n) is 13.3. The topological polar surface area (TPSA) is 94.9 Å². The second kappa shape index (κ2) is 12.0. The molecule has 6 unspecified atom stereocenters. The summed E-state index contributed by atoms with van der Waals surface area (Å²) in [6.45, 7) is 3.10. The van der Waals surface area contributed by atoms with Crippen LogP contribution in [0.5, 0.6) is 0 Å². The van der Waals surface area contributed by atoms with Crippen LogP contribution in [-0.2, 0) is 9.53 Å². The maximum absolute atomic E-state index is 13.4. The Kier molecular flexibility index (Phi) is 9.31. The molecule has 0 radical (unpaired) electrons. The third-order valence-electron chi connectivity index (χ3n) is 8.41. The Bertz CT molecular complexity index is 693. The molecule has 11 heteroatoms. The van der Waals surface area contributed by atoms with Crippen molar-refractivity contribution in [2.75, 3.05) is 53.0 Å². The van der Waals surface area contributed by atoms with Crippen LogP contribution in [0.3, 0.4) is 0 Å². The number of hydrogen-bond acceptors (Lipinski definition) is 7. The van der Waals surface area contributed by atoms with Gasteiger partial charge in [-0.3, -0.25) is 15.5 Å². The van der Waals surface area contributed by atoms with Gasteiger partial charge in [-0.05, 0) is 57.4 Å². The van der Waals surface area contributed by atoms with Crippen LogP contribution in [0.1, 0.15) is 44.9 Å². The number of piperidine rings is 1. The third-order valence-corrected chi connectivity index (χ3v) is 8.41. The van der Waals surface area contributed by atoms with Crippen molar-refractivity contribution in [1.82, 2.24) is 26.0 Å². The van der Waals surface area contributed by atoms with Crippen LogP contribution in [0.2, 0.25) is 0 Å². The Balaban J connectivity index is 1.46. The van der Waals surface area contributed by atoms with Gasteiger partial charge in [-0.15, -0.1) is 0 Å². The van der Waals surface area contributed by atoms with Crippen molar-refractivity contribution in [2.24, 2.45) is 29.4 Å². The first-order valence-corrected chi connectivity index (χ1v) is 13.3. The number of carbonyl (C=O) groups is 1. The van der Waals surface area contributed by atoms with E-state index in [2.05, 4.69) is 28.0 Å². The van der Waals surface area contributed by atoms with E-state index in [0.717, 1.165) is 45.2 Å². The number of amides is 1. The van der Waals surface area contributed by atoms with Gasteiger partial charge in [0.25, 0.3) is 0 Å². The largest absolute Gasteiger partial charge is 0.402 e. The number of rotatable bonds is 8. The van der Waals surface area contributed by atoms with E-state index >= 15 is 0 Å². The first-order chi connectivity index (χ1) is 16.7. The lowest BCUT2D eigenvalue weighted by Crippen LogP contribution is -2.62. The van der Waals surface area contributed by atoms with E-state index in [4.69, 9.17) is 10.5 Å². The summed E-state index contributed by atoms with van der Waals surface area (Å²) < 4.78 is 45.3. The molecule has 5 N–H and O–H groups in total. The van der Waals surface area contributed by atoms with Crippen molar-refractivity contribution in [3.05, 3.63) is 0 Å². The van der Waals surface area contributed by atoms with Gasteiger partial charge in [0, 0.05) is 63.3 Å². The SMILES string of the molecule is CN(CCN)CC1CCCC(C2CC(C(=O)NC3CCOCC3)C3CNN(CC(F)(F)F)C3N2)C1. The van der Waals surface area contributed by atoms with Crippen LogP contribution < -0.4 is 21.8 Å². The Morgan fingerprint density at radius 1 is 1.20 bits per heavy atom. The monoisotopic (exact) mass is 504 g/mol. The molecule has 202 valence electrons. The number of nitrogens with zero attached hydrogens (tertiary/aromatic N) is 2. The van der Waals surface area contributed by atoms with E-state index < -0.39 is 18.9 Å². The van der Waals surface area contributed by atoms with Crippen LogP contribution in [0, 0.1) is 23.7 Å². The highest BCUT2D eigenvalue weighted by atomic mass is 19.4. The third kappa shape index (κ3) is 7.29. The predicted molar refractivity (Wildman–Crippen MR) is 127 cm³/mol. The molecule has 35 heavy (non-hydrogen) atoms. The van der Waals surface area contributed by atoms with E-state index in [1.807, 2.05) is 0 Å². The first kappa shape index (κ1) is 27.1. The maximum Gasteiger partial charge on any atom is 0.402 e. The normalized spacial score (nSPS) is 35.3. The average Bonchev–Trinajstić information content (AvgIpc) is 3.20. The number of likely N-dealkylation sites (N-methyl/N-ethyl adjacent to an activating group) is 1. The molecule has 4 fully saturated rings. The summed E-state index contributed by atoms with van der Waals surface area (Å²) in [4.78, 5) is 15.7. The van der Waals surface area contributed by atoms with Gasteiger partial charge in [0.05, 0.1) is 6.17 Å². The van der Waals surface area contributed by atoms with Gasteiger partial charge >= 0.3 is 6.18 Å². The van der Waals surface area contributed by atoms with Gasteiger partial charge in [-0.25, -0.2) is 5.01 Å². The predicted octanol–water partition coefficient (Wildman–Crippen LogP) is 1.28. The van der Waals surface area contributed by atoms with Crippen LogP contribution in [-0.4, -0.2) is 93.2 Å². The molecule has 3 aliphatic heterocycles. The molecule has 4 rings (SSSR count). The van der Waals surface area contributed by atoms with Gasteiger partial charge < -0.3 is 20.7 Å². The molecule has 8 nitrogen and oxygen atoms in total. The lowest BCUT2D eigenvalue weighted by Gasteiger charge is -2.46. The van der Waals surface area contributed by atoms with E-state index in [1.54, 1.807) is 0 Å². The van der Waals surface area contributed by atoms with E-state index in [9.17, 15) is 18.0 Å². The van der Waals surface area contributed by atoms with Gasteiger partial charge in [0.15, 0.2) is 0 Å². The summed E-state index contributed by atoms with van der Waals surface area (Å²) in [5.74, 6) is 0.396. The fourth-order valence-corrected chi connectivity index (χ4v) is 6.72. The zero-order valence-corrected chi connectivity index (χ0v) is 20.9. The lowest BCUT2D eigenvalue weighted by atomic mass is 9.71. The molecule has 0 spiro atoms. The number of halogens is 3. The Morgan fingerprint density at radius 3 is 2.69 bits per heavy atom. The minimum Gasteiger partial charge on any atom is -0.381 e.